The highest BCUT2D eigenvalue weighted by Crippen LogP contribution is 2.31. The number of benzene rings is 5. The zero-order chi connectivity index (χ0) is 61.2. The number of carbonyl (C=O) groups is 8. The van der Waals surface area contributed by atoms with Crippen LogP contribution in [0.3, 0.4) is 0 Å². The Morgan fingerprint density at radius 1 is 0.440 bits per heavy atom. The molecule has 10 atom stereocenters. The Morgan fingerprint density at radius 2 is 0.750 bits per heavy atom. The minimum Gasteiger partial charge on any atom is -0.347 e. The lowest BCUT2D eigenvalue weighted by Crippen LogP contribution is -2.59. The molecule has 2 heterocycles. The van der Waals surface area contributed by atoms with E-state index in [4.69, 9.17) is 0 Å². The molecule has 8 N–H and O–H groups in total. The third-order valence-corrected chi connectivity index (χ3v) is 16.0. The molecule has 0 aliphatic carbocycles. The van der Waals surface area contributed by atoms with Gasteiger partial charge in [0.25, 0.3) is 11.8 Å². The predicted octanol–water partition coefficient (Wildman–Crippen LogP) is 5.79. The van der Waals surface area contributed by atoms with Crippen molar-refractivity contribution in [3.63, 3.8) is 0 Å². The fourth-order valence-corrected chi connectivity index (χ4v) is 10.6. The van der Waals surface area contributed by atoms with Crippen LogP contribution in [0.25, 0.3) is 0 Å². The van der Waals surface area contributed by atoms with Crippen LogP contribution in [0.5, 0.6) is 0 Å². The van der Waals surface area contributed by atoms with E-state index in [2.05, 4.69) is 42.5 Å². The van der Waals surface area contributed by atoms with Crippen molar-refractivity contribution in [1.82, 2.24) is 52.3 Å². The summed E-state index contributed by atoms with van der Waals surface area (Å²) in [4.78, 5) is 117. The molecule has 2 aliphatic heterocycles. The topological polar surface area (TPSA) is 239 Å². The van der Waals surface area contributed by atoms with Crippen molar-refractivity contribution in [2.75, 3.05) is 27.2 Å². The summed E-state index contributed by atoms with van der Waals surface area (Å²) in [5, 5.41) is 24.2. The maximum atomic E-state index is 14.8. The van der Waals surface area contributed by atoms with Gasteiger partial charge in [-0.3, -0.25) is 38.4 Å². The molecule has 84 heavy (non-hydrogen) atoms. The van der Waals surface area contributed by atoms with E-state index in [9.17, 15) is 38.4 Å². The minimum absolute atomic E-state index is 0.0373. The van der Waals surface area contributed by atoms with E-state index in [0.717, 1.165) is 33.4 Å². The van der Waals surface area contributed by atoms with Crippen molar-refractivity contribution in [3.8, 4) is 0 Å². The van der Waals surface area contributed by atoms with E-state index in [1.165, 1.54) is 34.1 Å². The third-order valence-electron chi connectivity index (χ3n) is 16.0. The number of nitrogens with one attached hydrogen (secondary N) is 8. The van der Waals surface area contributed by atoms with Gasteiger partial charge in [0.1, 0.15) is 24.2 Å². The lowest BCUT2D eigenvalue weighted by molar-refractivity contribution is -0.144. The number of hydrogen-bond donors (Lipinski definition) is 8. The van der Waals surface area contributed by atoms with Gasteiger partial charge >= 0.3 is 0 Å². The Balaban J connectivity index is 1.10. The van der Waals surface area contributed by atoms with Gasteiger partial charge in [-0.05, 0) is 112 Å². The number of rotatable bonds is 20. The van der Waals surface area contributed by atoms with Crippen molar-refractivity contribution >= 4 is 47.3 Å². The number of nitrogens with zero attached hydrogens (tertiary/aromatic N) is 2. The smallest absolute Gasteiger partial charge is 0.251 e. The number of amides is 8. The van der Waals surface area contributed by atoms with E-state index in [-0.39, 0.29) is 48.9 Å². The summed E-state index contributed by atoms with van der Waals surface area (Å²) in [5.41, 5.74) is 4.30. The second kappa shape index (κ2) is 27.4. The molecule has 1 unspecified atom stereocenters. The van der Waals surface area contributed by atoms with Crippen LogP contribution in [0.1, 0.15) is 134 Å². The zero-order valence-corrected chi connectivity index (χ0v) is 50.5. The predicted molar refractivity (Wildman–Crippen MR) is 324 cm³/mol. The molecule has 2 fully saturated rings. The fraction of sp³-hybridized carbons (Fsp3) is 0.424. The first-order valence-electron chi connectivity index (χ1n) is 28.9. The monoisotopic (exact) mass is 1140 g/mol. The van der Waals surface area contributed by atoms with Crippen molar-refractivity contribution < 1.29 is 38.4 Å². The molecule has 2 aliphatic rings. The van der Waals surface area contributed by atoms with Crippen LogP contribution in [-0.2, 0) is 28.8 Å². The van der Waals surface area contributed by atoms with Crippen LogP contribution < -0.4 is 42.5 Å². The molecule has 18 nitrogen and oxygen atoms in total. The second-order valence-corrected chi connectivity index (χ2v) is 24.6. The van der Waals surface area contributed by atoms with E-state index < -0.39 is 107 Å². The molecule has 7 rings (SSSR count). The number of likely N-dealkylation sites (tertiary alicyclic amines) is 2. The van der Waals surface area contributed by atoms with Crippen molar-refractivity contribution in [1.29, 1.82) is 0 Å². The van der Waals surface area contributed by atoms with Crippen LogP contribution in [-0.4, -0.2) is 133 Å². The normalized spacial score (nSPS) is 19.1. The molecule has 0 bridgehead atoms. The third kappa shape index (κ3) is 15.7. The minimum atomic E-state index is -1.04. The molecule has 0 saturated carbocycles. The van der Waals surface area contributed by atoms with Crippen LogP contribution in [0.15, 0.2) is 133 Å². The molecule has 18 heteroatoms. The summed E-state index contributed by atoms with van der Waals surface area (Å²) >= 11 is 0. The van der Waals surface area contributed by atoms with Crippen molar-refractivity contribution in [2.45, 2.75) is 142 Å². The summed E-state index contributed by atoms with van der Waals surface area (Å²) < 4.78 is 0. The SMILES string of the molecule is CN[C@@H](C)C(=O)N[C@H](C(=O)N1C[C@@H](NC(=O)c2ccc(C(=O)N[C@H]3C[C@@H](C(=O)N[C@H](c4ccccc4)c4ccc(C)cc4)N(C(=O)[C@@H](NC(=O)[C@H](C)NC)C(C)(C)C)C3)cc2)C[C@H]1C(=O)NC(c1ccccc1)c1ccc(C)cc1)C(C)(C)C. The van der Waals surface area contributed by atoms with Gasteiger partial charge in [-0.25, -0.2) is 0 Å². The van der Waals surface area contributed by atoms with Gasteiger partial charge in [-0.15, -0.1) is 0 Å². The Kier molecular flexibility index (Phi) is 20.7. The fourth-order valence-electron chi connectivity index (χ4n) is 10.6. The van der Waals surface area contributed by atoms with Crippen LogP contribution >= 0.6 is 0 Å². The maximum absolute atomic E-state index is 14.8. The largest absolute Gasteiger partial charge is 0.347 e. The van der Waals surface area contributed by atoms with E-state index in [0.29, 0.717) is 0 Å². The van der Waals surface area contributed by atoms with Gasteiger partial charge in [0, 0.05) is 36.3 Å². The molecular formula is C66H84N10O8. The van der Waals surface area contributed by atoms with Gasteiger partial charge in [-0.2, -0.15) is 0 Å². The van der Waals surface area contributed by atoms with Crippen LogP contribution in [0, 0.1) is 24.7 Å². The molecule has 446 valence electrons. The quantitative estimate of drug-likeness (QED) is 0.0467. The Labute approximate surface area is 494 Å². The standard InChI is InChI=1S/C66H84N10O8/c1-39-23-27-45(28-24-39)53(43-19-15-13-16-20-43)71-61(81)51-35-49(37-75(51)63(83)55(65(5,6)7)73-57(77)41(3)67-11)69-59(79)47-31-33-48(34-32-47)60(80)70-50-36-52(76(38-50)64(84)56(66(8,9)10)74-58(78)42(4)68-12)62(82)72-54(44-21-17-14-18-22-44)46-29-25-40(2)26-30-46/h13-34,41-42,49-56,67-68H,35-38H2,1-12H3,(H,69,79)(H,70,80)(H,71,81)(H,72,82)(H,73,77)(H,74,78)/t41-,42-,49-,50-,51-,52-,53+,54?,55+,56+/m0/s1. The van der Waals surface area contributed by atoms with Gasteiger partial charge in [0.15, 0.2) is 0 Å². The molecular weight excluding hydrogens is 1060 g/mol. The number of likely N-dealkylation sites (N-methyl/N-ethyl adjacent to an activating group) is 2. The van der Waals surface area contributed by atoms with Crippen LogP contribution in [0.2, 0.25) is 0 Å². The van der Waals surface area contributed by atoms with Crippen molar-refractivity contribution in [3.05, 3.63) is 178 Å². The summed E-state index contributed by atoms with van der Waals surface area (Å²) in [6.07, 6.45) is 0.126. The molecule has 8 amide bonds. The van der Waals surface area contributed by atoms with E-state index >= 15 is 0 Å². The number of hydrogen-bond acceptors (Lipinski definition) is 10. The average molecular weight is 1150 g/mol. The van der Waals surface area contributed by atoms with Gasteiger partial charge in [0.05, 0.1) is 24.2 Å². The molecule has 5 aromatic rings. The zero-order valence-electron chi connectivity index (χ0n) is 50.5. The molecule has 2 saturated heterocycles. The highest BCUT2D eigenvalue weighted by atomic mass is 16.2. The van der Waals surface area contributed by atoms with Gasteiger partial charge < -0.3 is 52.3 Å². The number of aryl methyl sites for hydroxylation is 2. The van der Waals surface area contributed by atoms with Crippen molar-refractivity contribution in [2.24, 2.45) is 10.8 Å². The highest BCUT2D eigenvalue weighted by molar-refractivity contribution is 5.99. The first-order valence-corrected chi connectivity index (χ1v) is 28.9. The molecule has 0 aromatic heterocycles. The van der Waals surface area contributed by atoms with E-state index in [1.807, 2.05) is 165 Å². The van der Waals surface area contributed by atoms with Gasteiger partial charge in [-0.1, -0.05) is 162 Å². The number of carbonyl (C=O) groups excluding carboxylic acids is 8. The molecule has 0 spiro atoms. The summed E-state index contributed by atoms with van der Waals surface area (Å²) in [6.45, 7) is 18.3. The van der Waals surface area contributed by atoms with Gasteiger partial charge in [0.2, 0.25) is 35.4 Å². The lowest BCUT2D eigenvalue weighted by atomic mass is 9.85. The summed E-state index contributed by atoms with van der Waals surface area (Å²) in [5.74, 6) is -3.61. The Bertz CT molecular complexity index is 2920. The molecule has 0 radical (unpaired) electrons. The lowest BCUT2D eigenvalue weighted by Gasteiger charge is -2.36. The first-order chi connectivity index (χ1) is 39.8. The maximum Gasteiger partial charge on any atom is 0.251 e. The molecule has 5 aromatic carbocycles. The highest BCUT2D eigenvalue weighted by Gasteiger charge is 2.48. The first kappa shape index (κ1) is 63.4. The van der Waals surface area contributed by atoms with E-state index in [1.54, 1.807) is 27.9 Å². The second-order valence-electron chi connectivity index (χ2n) is 24.6. The van der Waals surface area contributed by atoms with Crippen LogP contribution in [0.4, 0.5) is 0 Å². The average Bonchev–Trinajstić information content (AvgIpc) is 2.97. The Morgan fingerprint density at radius 3 is 1.05 bits per heavy atom. The summed E-state index contributed by atoms with van der Waals surface area (Å²) in [6, 6.07) is 32.8. The summed E-state index contributed by atoms with van der Waals surface area (Å²) in [7, 11) is 3.29. The Hall–Kier alpha value is -8.22.